The summed E-state index contributed by atoms with van der Waals surface area (Å²) in [5, 5.41) is 14.7. The van der Waals surface area contributed by atoms with E-state index in [1.165, 1.54) is 10.7 Å². The number of rotatable bonds is 6. The van der Waals surface area contributed by atoms with Gasteiger partial charge in [0.1, 0.15) is 0 Å². The molecule has 3 aromatic heterocycles. The van der Waals surface area contributed by atoms with E-state index in [9.17, 15) is 26.7 Å². The lowest BCUT2D eigenvalue weighted by atomic mass is 9.81. The van der Waals surface area contributed by atoms with Crippen molar-refractivity contribution < 1.29 is 26.7 Å². The predicted octanol–water partition coefficient (Wildman–Crippen LogP) is 4.22. The minimum Gasteiger partial charge on any atom is -0.342 e. The molecule has 0 aromatic carbocycles. The van der Waals surface area contributed by atoms with Crippen LogP contribution in [-0.2, 0) is 6.54 Å². The summed E-state index contributed by atoms with van der Waals surface area (Å²) in [5.41, 5.74) is 0.627. The molecular weight excluding hydrogens is 473 g/mol. The number of aryl methyl sites for hydroxylation is 1. The van der Waals surface area contributed by atoms with Gasteiger partial charge in [0, 0.05) is 18.9 Å². The van der Waals surface area contributed by atoms with Crippen LogP contribution < -0.4 is 5.32 Å². The minimum absolute atomic E-state index is 0.151. The lowest BCUT2D eigenvalue weighted by molar-refractivity contribution is -0.137. The number of alkyl halides is 5. The molecule has 1 aliphatic rings. The van der Waals surface area contributed by atoms with Crippen LogP contribution in [0.2, 0.25) is 5.02 Å². The van der Waals surface area contributed by atoms with Gasteiger partial charge in [-0.25, -0.2) is 18.3 Å². The summed E-state index contributed by atoms with van der Waals surface area (Å²) in [6.45, 7) is -0.531. The maximum absolute atomic E-state index is 13.7. The molecule has 1 N–H and O–H groups in total. The molecule has 0 aliphatic heterocycles. The Bertz CT molecular complexity index is 1140. The number of nitrogens with zero attached hydrogens (tertiary/aromatic N) is 6. The van der Waals surface area contributed by atoms with Gasteiger partial charge in [-0.05, 0) is 18.8 Å². The van der Waals surface area contributed by atoms with Crippen LogP contribution in [0.5, 0.6) is 0 Å². The fourth-order valence-electron chi connectivity index (χ4n) is 3.80. The summed E-state index contributed by atoms with van der Waals surface area (Å²) in [6.07, 6.45) is -1.83. The van der Waals surface area contributed by atoms with Gasteiger partial charge >= 0.3 is 6.18 Å². The highest BCUT2D eigenvalue weighted by Crippen LogP contribution is 2.41. The number of imidazole rings is 1. The van der Waals surface area contributed by atoms with Gasteiger partial charge in [-0.15, -0.1) is 5.10 Å². The van der Waals surface area contributed by atoms with Gasteiger partial charge in [0.25, 0.3) is 5.91 Å². The van der Waals surface area contributed by atoms with Crippen molar-refractivity contribution in [3.05, 3.63) is 41.1 Å². The first-order valence-corrected chi connectivity index (χ1v) is 10.5. The molecule has 3 heterocycles. The fourth-order valence-corrected chi connectivity index (χ4v) is 3.94. The molecule has 4 rings (SSSR count). The van der Waals surface area contributed by atoms with E-state index in [1.54, 1.807) is 12.3 Å². The average Bonchev–Trinajstić information content (AvgIpc) is 3.37. The number of carbonyl (C=O) groups excluding carboxylic acids is 1. The molecule has 0 spiro atoms. The maximum Gasteiger partial charge on any atom is 0.390 e. The van der Waals surface area contributed by atoms with Crippen molar-refractivity contribution in [2.75, 3.05) is 0 Å². The largest absolute Gasteiger partial charge is 0.390 e. The molecule has 33 heavy (non-hydrogen) atoms. The van der Waals surface area contributed by atoms with Crippen molar-refractivity contribution in [1.82, 2.24) is 34.9 Å². The van der Waals surface area contributed by atoms with E-state index in [4.69, 9.17) is 11.6 Å². The van der Waals surface area contributed by atoms with E-state index in [-0.39, 0.29) is 37.3 Å². The van der Waals surface area contributed by atoms with E-state index in [2.05, 4.69) is 25.6 Å². The van der Waals surface area contributed by atoms with Crippen LogP contribution >= 0.6 is 11.6 Å². The molecule has 1 fully saturated rings. The molecule has 3 aromatic rings. The van der Waals surface area contributed by atoms with E-state index < -0.39 is 37.0 Å². The Kier molecular flexibility index (Phi) is 6.25. The van der Waals surface area contributed by atoms with Crippen LogP contribution in [0.25, 0.3) is 5.65 Å². The highest BCUT2D eigenvalue weighted by molar-refractivity contribution is 6.30. The molecule has 1 amide bonds. The maximum atomic E-state index is 13.7. The van der Waals surface area contributed by atoms with Crippen molar-refractivity contribution >= 4 is 23.2 Å². The highest BCUT2D eigenvalue weighted by atomic mass is 35.5. The molecule has 8 nitrogen and oxygen atoms in total. The van der Waals surface area contributed by atoms with E-state index in [1.807, 2.05) is 0 Å². The van der Waals surface area contributed by atoms with Gasteiger partial charge in [-0.2, -0.15) is 28.2 Å². The second-order valence-electron chi connectivity index (χ2n) is 7.98. The Morgan fingerprint density at radius 3 is 2.67 bits per heavy atom. The second-order valence-corrected chi connectivity index (χ2v) is 8.41. The molecule has 1 aliphatic carbocycles. The number of carbonyl (C=O) groups is 1. The van der Waals surface area contributed by atoms with Crippen LogP contribution in [0.3, 0.4) is 0 Å². The first-order valence-electron chi connectivity index (χ1n) is 10.2. The summed E-state index contributed by atoms with van der Waals surface area (Å²) in [6, 6.07) is 0.826. The zero-order chi connectivity index (χ0) is 23.8. The lowest BCUT2D eigenvalue weighted by Crippen LogP contribution is -2.37. The third kappa shape index (κ3) is 5.75. The molecule has 0 radical (unpaired) electrons. The zero-order valence-corrected chi connectivity index (χ0v) is 17.8. The number of amides is 1. The fraction of sp³-hybridized carbons (Fsp3) is 0.526. The van der Waals surface area contributed by atoms with Crippen LogP contribution in [0, 0.1) is 5.92 Å². The third-order valence-electron chi connectivity index (χ3n) is 5.51. The first-order chi connectivity index (χ1) is 15.5. The van der Waals surface area contributed by atoms with Gasteiger partial charge in [0.2, 0.25) is 5.92 Å². The van der Waals surface area contributed by atoms with Crippen molar-refractivity contribution in [1.29, 1.82) is 0 Å². The number of aromatic nitrogens is 6. The minimum atomic E-state index is -4.38. The Morgan fingerprint density at radius 2 is 1.97 bits per heavy atom. The highest BCUT2D eigenvalue weighted by Gasteiger charge is 2.39. The monoisotopic (exact) mass is 491 g/mol. The summed E-state index contributed by atoms with van der Waals surface area (Å²) in [5.74, 6) is -3.80. The molecule has 178 valence electrons. The molecule has 14 heteroatoms. The van der Waals surface area contributed by atoms with E-state index >= 15 is 0 Å². The molecule has 0 bridgehead atoms. The van der Waals surface area contributed by atoms with Gasteiger partial charge in [0.05, 0.1) is 48.3 Å². The summed E-state index contributed by atoms with van der Waals surface area (Å²) in [7, 11) is 0. The second kappa shape index (κ2) is 8.84. The Morgan fingerprint density at radius 1 is 1.24 bits per heavy atom. The molecule has 1 unspecified atom stereocenters. The van der Waals surface area contributed by atoms with Crippen molar-refractivity contribution in [3.8, 4) is 0 Å². The SMILES string of the molecule is O=C(NC(c1cn2ncc(Cl)cc2n1)C1CCC(F)(F)CC1)c1cnn(CCC(F)(F)F)n1. The standard InChI is InChI=1S/C19H19ClF5N7O/c20-12-7-15-28-14(10-31(15)26-8-12)16(11-1-3-18(21,22)4-2-11)29-17(33)13-9-27-32(30-13)6-5-19(23,24)25/h7-11,16H,1-6H2,(H,29,33). The Hall–Kier alpha value is -2.83. The number of hydrogen-bond donors (Lipinski definition) is 1. The van der Waals surface area contributed by atoms with Gasteiger partial charge in [-0.1, -0.05) is 11.6 Å². The van der Waals surface area contributed by atoms with Crippen molar-refractivity contribution in [3.63, 3.8) is 0 Å². The lowest BCUT2D eigenvalue weighted by Gasteiger charge is -2.33. The predicted molar refractivity (Wildman–Crippen MR) is 106 cm³/mol. The van der Waals surface area contributed by atoms with Gasteiger partial charge in [-0.3, -0.25) is 4.79 Å². The van der Waals surface area contributed by atoms with Gasteiger partial charge < -0.3 is 5.32 Å². The quantitative estimate of drug-likeness (QED) is 0.521. The summed E-state index contributed by atoms with van der Waals surface area (Å²) < 4.78 is 66.1. The van der Waals surface area contributed by atoms with Crippen LogP contribution in [-0.4, -0.2) is 47.6 Å². The van der Waals surface area contributed by atoms with Crippen molar-refractivity contribution in [2.45, 2.75) is 56.8 Å². The summed E-state index contributed by atoms with van der Waals surface area (Å²) in [4.78, 5) is 18.0. The normalized spacial score (nSPS) is 17.9. The number of nitrogens with one attached hydrogen (secondary N) is 1. The smallest absolute Gasteiger partial charge is 0.342 e. The Labute approximate surface area is 189 Å². The molecule has 1 atom stereocenters. The third-order valence-corrected chi connectivity index (χ3v) is 5.71. The number of fused-ring (bicyclic) bond motifs is 1. The molecule has 1 saturated carbocycles. The van der Waals surface area contributed by atoms with E-state index in [0.717, 1.165) is 11.0 Å². The first kappa shape index (κ1) is 23.3. The number of hydrogen-bond acceptors (Lipinski definition) is 5. The molecular formula is C19H19ClF5N7O. The number of halogens is 6. The average molecular weight is 492 g/mol. The zero-order valence-electron chi connectivity index (χ0n) is 17.1. The van der Waals surface area contributed by atoms with E-state index in [0.29, 0.717) is 16.4 Å². The Balaban J connectivity index is 1.55. The van der Waals surface area contributed by atoms with Crippen molar-refractivity contribution in [2.24, 2.45) is 5.92 Å². The van der Waals surface area contributed by atoms with Crippen LogP contribution in [0.1, 0.15) is 54.3 Å². The molecule has 0 saturated heterocycles. The van der Waals surface area contributed by atoms with Gasteiger partial charge in [0.15, 0.2) is 11.3 Å². The topological polar surface area (TPSA) is 90.0 Å². The van der Waals surface area contributed by atoms with Crippen LogP contribution in [0.15, 0.2) is 24.7 Å². The van der Waals surface area contributed by atoms with Crippen LogP contribution in [0.4, 0.5) is 22.0 Å². The summed E-state index contributed by atoms with van der Waals surface area (Å²) >= 11 is 5.95.